The van der Waals surface area contributed by atoms with Crippen LogP contribution < -0.4 is 10.1 Å². The van der Waals surface area contributed by atoms with E-state index in [1.807, 2.05) is 24.3 Å². The van der Waals surface area contributed by atoms with Crippen LogP contribution in [0.15, 0.2) is 54.9 Å². The first kappa shape index (κ1) is 20.0. The first-order chi connectivity index (χ1) is 14.1. The topological polar surface area (TPSA) is 108 Å². The molecule has 0 fully saturated rings. The predicted molar refractivity (Wildman–Crippen MR) is 104 cm³/mol. The van der Waals surface area contributed by atoms with Crippen LogP contribution in [-0.4, -0.2) is 51.8 Å². The second-order valence-corrected chi connectivity index (χ2v) is 6.24. The zero-order chi connectivity index (χ0) is 20.6. The largest absolute Gasteiger partial charge is 0.497 e. The van der Waals surface area contributed by atoms with E-state index in [4.69, 9.17) is 9.47 Å². The summed E-state index contributed by atoms with van der Waals surface area (Å²) in [7, 11) is 1.61. The Labute approximate surface area is 167 Å². The number of benzene rings is 2. The highest BCUT2D eigenvalue weighted by Crippen LogP contribution is 2.12. The SMILES string of the molecule is COc1ccc(CCNC(=O)C(C)OC(=O)c2cccc(-n3cnnn3)c2)cc1. The number of ether oxygens (including phenoxy) is 2. The average molecular weight is 395 g/mol. The summed E-state index contributed by atoms with van der Waals surface area (Å²) in [6.45, 7) is 1.97. The zero-order valence-electron chi connectivity index (χ0n) is 16.1. The van der Waals surface area contributed by atoms with E-state index in [2.05, 4.69) is 20.8 Å². The Balaban J connectivity index is 1.50. The van der Waals surface area contributed by atoms with Gasteiger partial charge in [-0.15, -0.1) is 5.10 Å². The number of aromatic nitrogens is 4. The molecule has 0 saturated carbocycles. The number of hydrogen-bond donors (Lipinski definition) is 1. The third-order valence-corrected chi connectivity index (χ3v) is 4.22. The van der Waals surface area contributed by atoms with Crippen LogP contribution in [0.5, 0.6) is 5.75 Å². The molecular formula is C20H21N5O4. The van der Waals surface area contributed by atoms with Gasteiger partial charge in [-0.3, -0.25) is 4.79 Å². The van der Waals surface area contributed by atoms with Gasteiger partial charge in [0.2, 0.25) is 0 Å². The Bertz CT molecular complexity index is 957. The highest BCUT2D eigenvalue weighted by molar-refractivity contribution is 5.92. The van der Waals surface area contributed by atoms with E-state index in [9.17, 15) is 9.59 Å². The number of methoxy groups -OCH3 is 1. The maximum absolute atomic E-state index is 12.4. The van der Waals surface area contributed by atoms with Gasteiger partial charge in [0.25, 0.3) is 5.91 Å². The Hall–Kier alpha value is -3.75. The fourth-order valence-electron chi connectivity index (χ4n) is 2.60. The molecule has 9 heteroatoms. The lowest BCUT2D eigenvalue weighted by Gasteiger charge is -2.14. The van der Waals surface area contributed by atoms with Gasteiger partial charge >= 0.3 is 5.97 Å². The van der Waals surface area contributed by atoms with Crippen molar-refractivity contribution < 1.29 is 19.1 Å². The van der Waals surface area contributed by atoms with Crippen molar-refractivity contribution in [2.75, 3.05) is 13.7 Å². The van der Waals surface area contributed by atoms with Gasteiger partial charge in [-0.1, -0.05) is 18.2 Å². The molecule has 0 aliphatic carbocycles. The predicted octanol–water partition coefficient (Wildman–Crippen LogP) is 1.58. The van der Waals surface area contributed by atoms with Crippen molar-refractivity contribution >= 4 is 11.9 Å². The molecule has 1 amide bonds. The highest BCUT2D eigenvalue weighted by Gasteiger charge is 2.19. The quantitative estimate of drug-likeness (QED) is 0.577. The number of tetrazole rings is 1. The van der Waals surface area contributed by atoms with E-state index in [0.29, 0.717) is 24.2 Å². The molecule has 0 aliphatic rings. The molecule has 2 aromatic carbocycles. The summed E-state index contributed by atoms with van der Waals surface area (Å²) in [5, 5.41) is 13.7. The normalized spacial score (nSPS) is 11.5. The lowest BCUT2D eigenvalue weighted by molar-refractivity contribution is -0.129. The van der Waals surface area contributed by atoms with Crippen molar-refractivity contribution in [1.29, 1.82) is 0 Å². The Morgan fingerprint density at radius 2 is 1.97 bits per heavy atom. The summed E-state index contributed by atoms with van der Waals surface area (Å²) in [5.74, 6) is -0.177. The van der Waals surface area contributed by atoms with Crippen LogP contribution in [-0.2, 0) is 16.0 Å². The number of rotatable bonds is 8. The van der Waals surface area contributed by atoms with Crippen molar-refractivity contribution in [3.05, 3.63) is 66.0 Å². The van der Waals surface area contributed by atoms with Crippen LogP contribution in [0.1, 0.15) is 22.8 Å². The Morgan fingerprint density at radius 1 is 1.17 bits per heavy atom. The van der Waals surface area contributed by atoms with Gasteiger partial charge in [-0.25, -0.2) is 9.48 Å². The van der Waals surface area contributed by atoms with Crippen LogP contribution in [0.3, 0.4) is 0 Å². The molecule has 0 bridgehead atoms. The average Bonchev–Trinajstić information content (AvgIpc) is 3.29. The molecular weight excluding hydrogens is 374 g/mol. The van der Waals surface area contributed by atoms with E-state index in [1.165, 1.54) is 17.9 Å². The molecule has 3 rings (SSSR count). The number of amides is 1. The number of hydrogen-bond acceptors (Lipinski definition) is 7. The number of esters is 1. The number of carbonyl (C=O) groups is 2. The van der Waals surface area contributed by atoms with Crippen molar-refractivity contribution in [1.82, 2.24) is 25.5 Å². The minimum atomic E-state index is -0.921. The van der Waals surface area contributed by atoms with Gasteiger partial charge in [-0.05, 0) is 59.7 Å². The molecule has 9 nitrogen and oxygen atoms in total. The molecule has 0 radical (unpaired) electrons. The van der Waals surface area contributed by atoms with Gasteiger partial charge in [0, 0.05) is 6.54 Å². The van der Waals surface area contributed by atoms with Crippen LogP contribution in [0.4, 0.5) is 0 Å². The standard InChI is InChI=1S/C20H21N5O4/c1-14(19(26)21-11-10-15-6-8-18(28-2)9-7-15)29-20(27)16-4-3-5-17(12-16)25-13-22-23-24-25/h3-9,12-14H,10-11H2,1-2H3,(H,21,26). The summed E-state index contributed by atoms with van der Waals surface area (Å²) in [6, 6.07) is 14.2. The maximum Gasteiger partial charge on any atom is 0.338 e. The molecule has 1 atom stereocenters. The molecule has 3 aromatic rings. The monoisotopic (exact) mass is 395 g/mol. The minimum Gasteiger partial charge on any atom is -0.497 e. The maximum atomic E-state index is 12.4. The van der Waals surface area contributed by atoms with Gasteiger partial charge < -0.3 is 14.8 Å². The smallest absolute Gasteiger partial charge is 0.338 e. The zero-order valence-corrected chi connectivity index (χ0v) is 16.1. The minimum absolute atomic E-state index is 0.302. The van der Waals surface area contributed by atoms with Crippen LogP contribution in [0.2, 0.25) is 0 Å². The summed E-state index contributed by atoms with van der Waals surface area (Å²) < 4.78 is 11.8. The van der Waals surface area contributed by atoms with Crippen LogP contribution in [0, 0.1) is 0 Å². The highest BCUT2D eigenvalue weighted by atomic mass is 16.5. The van der Waals surface area contributed by atoms with Crippen molar-refractivity contribution in [2.45, 2.75) is 19.4 Å². The van der Waals surface area contributed by atoms with Crippen molar-refractivity contribution in [2.24, 2.45) is 0 Å². The number of nitrogens with zero attached hydrogens (tertiary/aromatic N) is 4. The van der Waals surface area contributed by atoms with Gasteiger partial charge in [0.1, 0.15) is 12.1 Å². The van der Waals surface area contributed by atoms with Crippen LogP contribution in [0.25, 0.3) is 5.69 Å². The van der Waals surface area contributed by atoms with Crippen molar-refractivity contribution in [3.63, 3.8) is 0 Å². The van der Waals surface area contributed by atoms with E-state index in [-0.39, 0.29) is 5.91 Å². The van der Waals surface area contributed by atoms with Gasteiger partial charge in [0.05, 0.1) is 18.4 Å². The van der Waals surface area contributed by atoms with Crippen molar-refractivity contribution in [3.8, 4) is 11.4 Å². The summed E-state index contributed by atoms with van der Waals surface area (Å²) in [5.41, 5.74) is 1.98. The summed E-state index contributed by atoms with van der Waals surface area (Å²) in [4.78, 5) is 24.6. The molecule has 1 aromatic heterocycles. The summed E-state index contributed by atoms with van der Waals surface area (Å²) >= 11 is 0. The molecule has 0 spiro atoms. The Morgan fingerprint density at radius 3 is 2.66 bits per heavy atom. The molecule has 29 heavy (non-hydrogen) atoms. The molecule has 150 valence electrons. The number of carbonyl (C=O) groups excluding carboxylic acids is 2. The molecule has 0 aliphatic heterocycles. The van der Waals surface area contributed by atoms with E-state index < -0.39 is 12.1 Å². The fraction of sp³-hybridized carbons (Fsp3) is 0.250. The van der Waals surface area contributed by atoms with Gasteiger partial charge in [0.15, 0.2) is 6.10 Å². The van der Waals surface area contributed by atoms with E-state index in [1.54, 1.807) is 31.4 Å². The molecule has 1 unspecified atom stereocenters. The first-order valence-electron chi connectivity index (χ1n) is 9.02. The van der Waals surface area contributed by atoms with Gasteiger partial charge in [-0.2, -0.15) is 0 Å². The third kappa shape index (κ3) is 5.38. The summed E-state index contributed by atoms with van der Waals surface area (Å²) in [6.07, 6.45) is 1.16. The second-order valence-electron chi connectivity index (χ2n) is 6.24. The third-order valence-electron chi connectivity index (χ3n) is 4.22. The second kappa shape index (κ2) is 9.45. The molecule has 0 saturated heterocycles. The molecule has 1 N–H and O–H groups in total. The lowest BCUT2D eigenvalue weighted by atomic mass is 10.1. The van der Waals surface area contributed by atoms with E-state index >= 15 is 0 Å². The molecule has 1 heterocycles. The lowest BCUT2D eigenvalue weighted by Crippen LogP contribution is -2.36. The fourth-order valence-corrected chi connectivity index (χ4v) is 2.60. The Kier molecular flexibility index (Phi) is 6.51. The number of nitrogens with one attached hydrogen (secondary N) is 1. The van der Waals surface area contributed by atoms with Crippen LogP contribution >= 0.6 is 0 Å². The first-order valence-corrected chi connectivity index (χ1v) is 9.02. The van der Waals surface area contributed by atoms with E-state index in [0.717, 1.165) is 11.3 Å².